The molecule has 1 fully saturated rings. The Morgan fingerprint density at radius 3 is 3.17 bits per heavy atom. The number of rotatable bonds is 5. The van der Waals surface area contributed by atoms with Crippen molar-refractivity contribution in [3.63, 3.8) is 0 Å². The van der Waals surface area contributed by atoms with Crippen molar-refractivity contribution in [2.75, 3.05) is 17.7 Å². The van der Waals surface area contributed by atoms with Gasteiger partial charge in [0.15, 0.2) is 10.9 Å². The first-order valence-electron chi connectivity index (χ1n) is 9.04. The maximum atomic E-state index is 12.4. The number of amidine groups is 1. The first-order chi connectivity index (χ1) is 13.9. The maximum Gasteiger partial charge on any atom is 0.277 e. The van der Waals surface area contributed by atoms with Crippen LogP contribution in [-0.4, -0.2) is 50.7 Å². The van der Waals surface area contributed by atoms with E-state index < -0.39 is 24.4 Å². The fourth-order valence-corrected chi connectivity index (χ4v) is 5.49. The molecule has 0 bridgehead atoms. The molecule has 12 heteroatoms. The monoisotopic (exact) mass is 442 g/mol. The third-order valence-electron chi connectivity index (χ3n) is 4.94. The molecule has 3 atom stereocenters. The fraction of sp³-hybridized carbons (Fsp3) is 0.529. The number of halogens is 2. The van der Waals surface area contributed by atoms with E-state index in [0.717, 1.165) is 21.9 Å². The zero-order valence-electron chi connectivity index (χ0n) is 15.5. The molecule has 29 heavy (non-hydrogen) atoms. The molecule has 156 valence electrons. The minimum absolute atomic E-state index is 0.0439. The lowest BCUT2D eigenvalue weighted by Gasteiger charge is -2.44. The highest BCUT2D eigenvalue weighted by molar-refractivity contribution is 8.13. The fourth-order valence-electron chi connectivity index (χ4n) is 3.52. The van der Waals surface area contributed by atoms with Crippen molar-refractivity contribution in [3.05, 3.63) is 28.3 Å². The average molecular weight is 443 g/mol. The van der Waals surface area contributed by atoms with Crippen LogP contribution in [0.15, 0.2) is 22.6 Å². The topological polar surface area (TPSA) is 107 Å². The SMILES string of the molecule is C[C@H]1C[C@H]2CSC(N)=NC2(c2nc(NC(=O)c3ccn(CC(F)F)n3)cs2)CO1. The molecule has 3 N–H and O–H groups in total. The lowest BCUT2D eigenvalue weighted by Crippen LogP contribution is -2.49. The van der Waals surface area contributed by atoms with Crippen molar-refractivity contribution in [2.45, 2.75) is 38.0 Å². The van der Waals surface area contributed by atoms with Crippen molar-refractivity contribution in [1.82, 2.24) is 14.8 Å². The van der Waals surface area contributed by atoms with E-state index in [4.69, 9.17) is 15.5 Å². The smallest absolute Gasteiger partial charge is 0.277 e. The normalized spacial score (nSPS) is 26.8. The van der Waals surface area contributed by atoms with Gasteiger partial charge in [-0.2, -0.15) is 5.10 Å². The van der Waals surface area contributed by atoms with E-state index in [-0.39, 0.29) is 17.7 Å². The summed E-state index contributed by atoms with van der Waals surface area (Å²) in [6, 6.07) is 1.39. The van der Waals surface area contributed by atoms with Crippen LogP contribution in [0, 0.1) is 5.92 Å². The van der Waals surface area contributed by atoms with Crippen molar-refractivity contribution in [3.8, 4) is 0 Å². The largest absolute Gasteiger partial charge is 0.379 e. The lowest BCUT2D eigenvalue weighted by molar-refractivity contribution is -0.0466. The molecule has 4 rings (SSSR count). The number of aliphatic imine (C=N–C) groups is 1. The predicted molar refractivity (Wildman–Crippen MR) is 108 cm³/mol. The van der Waals surface area contributed by atoms with Gasteiger partial charge in [0, 0.05) is 23.2 Å². The van der Waals surface area contributed by atoms with Crippen molar-refractivity contribution >= 4 is 40.0 Å². The van der Waals surface area contributed by atoms with Crippen LogP contribution in [0.4, 0.5) is 14.6 Å². The molecule has 1 unspecified atom stereocenters. The van der Waals surface area contributed by atoms with E-state index in [1.165, 1.54) is 35.4 Å². The van der Waals surface area contributed by atoms with Gasteiger partial charge < -0.3 is 15.8 Å². The van der Waals surface area contributed by atoms with Crippen LogP contribution in [-0.2, 0) is 16.8 Å². The van der Waals surface area contributed by atoms with Crippen LogP contribution in [0.1, 0.15) is 28.8 Å². The molecule has 2 aromatic rings. The number of hydrogen-bond acceptors (Lipinski definition) is 8. The zero-order valence-corrected chi connectivity index (χ0v) is 17.2. The van der Waals surface area contributed by atoms with Crippen LogP contribution in [0.5, 0.6) is 0 Å². The van der Waals surface area contributed by atoms with Crippen molar-refractivity contribution in [1.29, 1.82) is 0 Å². The number of nitrogens with zero attached hydrogens (tertiary/aromatic N) is 4. The quantitative estimate of drug-likeness (QED) is 0.737. The summed E-state index contributed by atoms with van der Waals surface area (Å²) in [4.78, 5) is 21.7. The third kappa shape index (κ3) is 4.14. The summed E-state index contributed by atoms with van der Waals surface area (Å²) in [5.41, 5.74) is 5.40. The summed E-state index contributed by atoms with van der Waals surface area (Å²) >= 11 is 2.92. The van der Waals surface area contributed by atoms with Crippen LogP contribution >= 0.6 is 23.1 Å². The highest BCUT2D eigenvalue weighted by Crippen LogP contribution is 2.46. The summed E-state index contributed by atoms with van der Waals surface area (Å²) in [7, 11) is 0. The molecule has 8 nitrogen and oxygen atoms in total. The van der Waals surface area contributed by atoms with E-state index in [9.17, 15) is 13.6 Å². The molecular weight excluding hydrogens is 422 g/mol. The Morgan fingerprint density at radius 2 is 2.38 bits per heavy atom. The number of alkyl halides is 2. The molecule has 2 aliphatic heterocycles. The van der Waals surface area contributed by atoms with E-state index in [1.54, 1.807) is 5.38 Å². The van der Waals surface area contributed by atoms with Crippen LogP contribution in [0.3, 0.4) is 0 Å². The number of fused-ring (bicyclic) bond motifs is 1. The van der Waals surface area contributed by atoms with Gasteiger partial charge in [0.2, 0.25) is 0 Å². The number of amides is 1. The first kappa shape index (κ1) is 20.2. The Bertz CT molecular complexity index is 933. The molecule has 2 aromatic heterocycles. The second-order valence-electron chi connectivity index (χ2n) is 7.05. The molecule has 4 heterocycles. The van der Waals surface area contributed by atoms with Gasteiger partial charge in [-0.25, -0.2) is 18.8 Å². The summed E-state index contributed by atoms with van der Waals surface area (Å²) in [6.07, 6.45) is -0.200. The summed E-state index contributed by atoms with van der Waals surface area (Å²) in [5, 5.41) is 9.49. The Labute approximate surface area is 173 Å². The van der Waals surface area contributed by atoms with Gasteiger partial charge in [-0.1, -0.05) is 11.8 Å². The number of carbonyl (C=O) groups is 1. The molecular formula is C17H20F2N6O2S2. The number of ether oxygens (including phenoxy) is 1. The highest BCUT2D eigenvalue weighted by Gasteiger charge is 2.49. The molecule has 0 aromatic carbocycles. The molecule has 1 amide bonds. The highest BCUT2D eigenvalue weighted by atomic mass is 32.2. The zero-order chi connectivity index (χ0) is 20.6. The maximum absolute atomic E-state index is 12.4. The second kappa shape index (κ2) is 8.00. The number of carbonyl (C=O) groups excluding carboxylic acids is 1. The van der Waals surface area contributed by atoms with Gasteiger partial charge in [-0.05, 0) is 19.4 Å². The number of thiazole rings is 1. The van der Waals surface area contributed by atoms with Gasteiger partial charge in [0.05, 0.1) is 12.7 Å². The van der Waals surface area contributed by atoms with E-state index in [0.29, 0.717) is 17.6 Å². The predicted octanol–water partition coefficient (Wildman–Crippen LogP) is 2.54. The Hall–Kier alpha value is -2.05. The van der Waals surface area contributed by atoms with Gasteiger partial charge in [-0.3, -0.25) is 9.48 Å². The summed E-state index contributed by atoms with van der Waals surface area (Å²) in [5.74, 6) is 0.923. The number of hydrogen-bond donors (Lipinski definition) is 2. The number of aromatic nitrogens is 3. The average Bonchev–Trinajstić information content (AvgIpc) is 3.31. The van der Waals surface area contributed by atoms with Crippen molar-refractivity contribution < 1.29 is 18.3 Å². The van der Waals surface area contributed by atoms with Crippen LogP contribution in [0.25, 0.3) is 0 Å². The first-order valence-corrected chi connectivity index (χ1v) is 10.9. The standard InChI is InChI=1S/C17H20F2N6O2S2/c1-9-4-10-6-29-16(20)23-17(10,8-27-9)15-22-13(7-28-15)21-14(26)11-2-3-25(24-11)5-12(18)19/h2-3,7,9-10,12H,4-6,8H2,1H3,(H2,20,23)(H,21,26)/t9-,10-,17?/m0/s1. The van der Waals surface area contributed by atoms with Crippen LogP contribution < -0.4 is 11.1 Å². The van der Waals surface area contributed by atoms with E-state index in [1.807, 2.05) is 6.92 Å². The minimum Gasteiger partial charge on any atom is -0.379 e. The molecule has 0 radical (unpaired) electrons. The lowest BCUT2D eigenvalue weighted by atomic mass is 9.80. The second-order valence-corrected chi connectivity index (χ2v) is 8.94. The van der Waals surface area contributed by atoms with Gasteiger partial charge in [0.1, 0.15) is 22.9 Å². The molecule has 2 aliphatic rings. The van der Waals surface area contributed by atoms with E-state index in [2.05, 4.69) is 15.4 Å². The molecule has 1 saturated heterocycles. The minimum atomic E-state index is -2.54. The number of nitrogens with one attached hydrogen (secondary N) is 1. The van der Waals surface area contributed by atoms with Gasteiger partial charge in [0.25, 0.3) is 12.3 Å². The third-order valence-corrected chi connectivity index (χ3v) is 6.90. The van der Waals surface area contributed by atoms with E-state index >= 15 is 0 Å². The Morgan fingerprint density at radius 1 is 1.55 bits per heavy atom. The Balaban J connectivity index is 1.52. The number of anilines is 1. The van der Waals surface area contributed by atoms with Gasteiger partial charge >= 0.3 is 0 Å². The molecule has 0 saturated carbocycles. The number of thioether (sulfide) groups is 1. The Kier molecular flexibility index (Phi) is 5.58. The van der Waals surface area contributed by atoms with Crippen LogP contribution in [0.2, 0.25) is 0 Å². The summed E-state index contributed by atoms with van der Waals surface area (Å²) in [6.45, 7) is 1.86. The molecule has 0 aliphatic carbocycles. The summed E-state index contributed by atoms with van der Waals surface area (Å²) < 4.78 is 31.8. The number of nitrogens with two attached hydrogens (primary N) is 1. The van der Waals surface area contributed by atoms with Crippen molar-refractivity contribution in [2.24, 2.45) is 16.6 Å². The molecule has 0 spiro atoms. The van der Waals surface area contributed by atoms with Gasteiger partial charge in [-0.15, -0.1) is 11.3 Å².